The average molecular weight is 318 g/mol. The fraction of sp³-hybridized carbons (Fsp3) is 0.435. The van der Waals surface area contributed by atoms with E-state index in [9.17, 15) is 4.79 Å². The Kier molecular flexibility index (Phi) is 4.04. The predicted octanol–water partition coefficient (Wildman–Crippen LogP) is 5.18. The molecule has 0 aliphatic heterocycles. The zero-order chi connectivity index (χ0) is 16.6. The van der Waals surface area contributed by atoms with Crippen LogP contribution in [0.3, 0.4) is 0 Å². The van der Waals surface area contributed by atoms with Crippen molar-refractivity contribution < 1.29 is 4.79 Å². The molecule has 1 nitrogen and oxygen atoms in total. The lowest BCUT2D eigenvalue weighted by Crippen LogP contribution is -2.42. The molecule has 0 saturated heterocycles. The van der Waals surface area contributed by atoms with Gasteiger partial charge in [-0.25, -0.2) is 0 Å². The van der Waals surface area contributed by atoms with Gasteiger partial charge in [0, 0.05) is 18.3 Å². The highest BCUT2D eigenvalue weighted by Gasteiger charge is 2.46. The van der Waals surface area contributed by atoms with Gasteiger partial charge in [0.15, 0.2) is 0 Å². The summed E-state index contributed by atoms with van der Waals surface area (Å²) in [5, 5.41) is 0. The second-order valence-corrected chi connectivity index (χ2v) is 7.81. The minimum Gasteiger partial charge on any atom is -0.300 e. The second kappa shape index (κ2) is 6.20. The summed E-state index contributed by atoms with van der Waals surface area (Å²) in [6, 6.07) is 17.9. The summed E-state index contributed by atoms with van der Waals surface area (Å²) in [4.78, 5) is 12.2. The molecule has 2 aromatic carbocycles. The molecule has 0 heterocycles. The number of carbonyl (C=O) groups excluding carboxylic acids is 1. The normalized spacial score (nSPS) is 26.4. The first kappa shape index (κ1) is 15.6. The number of Topliss-reactive ketones (excluding diaryl/α,β-unsaturated/α-hetero) is 1. The third-order valence-electron chi connectivity index (χ3n) is 6.26. The Morgan fingerprint density at radius 1 is 1.08 bits per heavy atom. The van der Waals surface area contributed by atoms with Crippen LogP contribution >= 0.6 is 0 Å². The Hall–Kier alpha value is -1.89. The molecule has 0 N–H and O–H groups in total. The molecule has 0 amide bonds. The highest BCUT2D eigenvalue weighted by molar-refractivity contribution is 5.80. The van der Waals surface area contributed by atoms with Gasteiger partial charge in [-0.2, -0.15) is 0 Å². The molecule has 124 valence electrons. The number of aryl methyl sites for hydroxylation is 2. The van der Waals surface area contributed by atoms with E-state index >= 15 is 0 Å². The molecular weight excluding hydrogens is 292 g/mol. The first-order valence-electron chi connectivity index (χ1n) is 9.33. The van der Waals surface area contributed by atoms with Crippen molar-refractivity contribution in [3.8, 4) is 0 Å². The number of ketones is 1. The van der Waals surface area contributed by atoms with Gasteiger partial charge in [0.25, 0.3) is 0 Å². The van der Waals surface area contributed by atoms with Gasteiger partial charge in [-0.05, 0) is 61.6 Å². The van der Waals surface area contributed by atoms with Crippen molar-refractivity contribution in [2.24, 2.45) is 5.92 Å². The van der Waals surface area contributed by atoms with E-state index in [0.29, 0.717) is 11.7 Å². The van der Waals surface area contributed by atoms with E-state index in [0.717, 1.165) is 32.1 Å². The summed E-state index contributed by atoms with van der Waals surface area (Å²) >= 11 is 0. The molecule has 1 fully saturated rings. The number of benzene rings is 2. The van der Waals surface area contributed by atoms with Crippen molar-refractivity contribution in [1.29, 1.82) is 0 Å². The van der Waals surface area contributed by atoms with Crippen LogP contribution in [0.1, 0.15) is 54.4 Å². The van der Waals surface area contributed by atoms with Crippen LogP contribution in [0.5, 0.6) is 0 Å². The van der Waals surface area contributed by atoms with Gasteiger partial charge >= 0.3 is 0 Å². The lowest BCUT2D eigenvalue weighted by atomic mass is 9.59. The SMILES string of the molecule is Cc1ccc2c(c1)CCC[C@@H]1CC(=O)CC[C@@]21Cc1ccccc1. The maximum Gasteiger partial charge on any atom is 0.133 e. The van der Waals surface area contributed by atoms with E-state index in [1.165, 1.54) is 35.1 Å². The molecule has 24 heavy (non-hydrogen) atoms. The Morgan fingerprint density at radius 3 is 2.75 bits per heavy atom. The fourth-order valence-electron chi connectivity index (χ4n) is 5.11. The minimum absolute atomic E-state index is 0.148. The summed E-state index contributed by atoms with van der Waals surface area (Å²) in [6.07, 6.45) is 7.18. The van der Waals surface area contributed by atoms with Crippen molar-refractivity contribution >= 4 is 5.78 Å². The minimum atomic E-state index is 0.148. The number of carbonyl (C=O) groups is 1. The highest BCUT2D eigenvalue weighted by atomic mass is 16.1. The van der Waals surface area contributed by atoms with E-state index in [4.69, 9.17) is 0 Å². The Morgan fingerprint density at radius 2 is 1.92 bits per heavy atom. The molecule has 4 rings (SSSR count). The first-order chi connectivity index (χ1) is 11.7. The number of hydrogen-bond acceptors (Lipinski definition) is 1. The molecule has 0 unspecified atom stereocenters. The summed E-state index contributed by atoms with van der Waals surface area (Å²) in [6.45, 7) is 2.19. The van der Waals surface area contributed by atoms with Crippen LogP contribution in [-0.2, 0) is 23.1 Å². The molecule has 0 spiro atoms. The standard InChI is InChI=1S/C23H26O/c1-17-10-11-22-19(14-17)8-5-9-20-15-21(24)12-13-23(20,22)16-18-6-3-2-4-7-18/h2-4,6-7,10-11,14,20H,5,8-9,12-13,15-16H2,1H3/t20-,23+/m1/s1. The largest absolute Gasteiger partial charge is 0.300 e. The van der Waals surface area contributed by atoms with Crippen LogP contribution in [0.2, 0.25) is 0 Å². The molecule has 0 radical (unpaired) electrons. The summed E-state index contributed by atoms with van der Waals surface area (Å²) in [5.74, 6) is 0.974. The maximum absolute atomic E-state index is 12.2. The molecule has 2 aliphatic rings. The topological polar surface area (TPSA) is 17.1 Å². The van der Waals surface area contributed by atoms with Gasteiger partial charge in [0.2, 0.25) is 0 Å². The second-order valence-electron chi connectivity index (χ2n) is 7.81. The highest BCUT2D eigenvalue weighted by Crippen LogP contribution is 2.50. The third kappa shape index (κ3) is 2.70. The zero-order valence-corrected chi connectivity index (χ0v) is 14.6. The van der Waals surface area contributed by atoms with Crippen LogP contribution < -0.4 is 0 Å². The van der Waals surface area contributed by atoms with Gasteiger partial charge in [0.1, 0.15) is 5.78 Å². The van der Waals surface area contributed by atoms with Crippen LogP contribution in [0, 0.1) is 12.8 Å². The zero-order valence-electron chi connectivity index (χ0n) is 14.6. The van der Waals surface area contributed by atoms with Crippen molar-refractivity contribution in [3.05, 3.63) is 70.8 Å². The van der Waals surface area contributed by atoms with E-state index < -0.39 is 0 Å². The van der Waals surface area contributed by atoms with Crippen molar-refractivity contribution in [2.75, 3.05) is 0 Å². The molecular formula is C23H26O. The Bertz CT molecular complexity index is 746. The number of hydrogen-bond donors (Lipinski definition) is 0. The predicted molar refractivity (Wildman–Crippen MR) is 98.3 cm³/mol. The van der Waals surface area contributed by atoms with Gasteiger partial charge in [-0.15, -0.1) is 0 Å². The summed E-state index contributed by atoms with van der Waals surface area (Å²) < 4.78 is 0. The van der Waals surface area contributed by atoms with Crippen LogP contribution in [0.25, 0.3) is 0 Å². The maximum atomic E-state index is 12.2. The van der Waals surface area contributed by atoms with Gasteiger partial charge < -0.3 is 0 Å². The molecule has 1 saturated carbocycles. The molecule has 2 atom stereocenters. The van der Waals surface area contributed by atoms with E-state index in [-0.39, 0.29) is 5.41 Å². The summed E-state index contributed by atoms with van der Waals surface area (Å²) in [7, 11) is 0. The van der Waals surface area contributed by atoms with Crippen molar-refractivity contribution in [3.63, 3.8) is 0 Å². The Balaban J connectivity index is 1.84. The van der Waals surface area contributed by atoms with E-state index in [1.807, 2.05) is 0 Å². The molecule has 1 heteroatoms. The van der Waals surface area contributed by atoms with Gasteiger partial charge in [-0.1, -0.05) is 54.1 Å². The summed E-state index contributed by atoms with van der Waals surface area (Å²) in [5.41, 5.74) is 5.98. The van der Waals surface area contributed by atoms with E-state index in [1.54, 1.807) is 0 Å². The number of rotatable bonds is 2. The van der Waals surface area contributed by atoms with Gasteiger partial charge in [0.05, 0.1) is 0 Å². The van der Waals surface area contributed by atoms with Crippen LogP contribution in [0.4, 0.5) is 0 Å². The Labute approximate surface area is 145 Å². The van der Waals surface area contributed by atoms with Crippen molar-refractivity contribution in [1.82, 2.24) is 0 Å². The van der Waals surface area contributed by atoms with Crippen LogP contribution in [-0.4, -0.2) is 5.78 Å². The molecule has 0 bridgehead atoms. The lowest BCUT2D eigenvalue weighted by molar-refractivity contribution is -0.123. The third-order valence-corrected chi connectivity index (χ3v) is 6.26. The van der Waals surface area contributed by atoms with Gasteiger partial charge in [-0.3, -0.25) is 4.79 Å². The quantitative estimate of drug-likeness (QED) is 0.745. The van der Waals surface area contributed by atoms with Crippen LogP contribution in [0.15, 0.2) is 48.5 Å². The molecule has 0 aromatic heterocycles. The fourth-order valence-corrected chi connectivity index (χ4v) is 5.11. The average Bonchev–Trinajstić information content (AvgIpc) is 2.72. The molecule has 2 aromatic rings. The lowest BCUT2D eigenvalue weighted by Gasteiger charge is -2.44. The smallest absolute Gasteiger partial charge is 0.133 e. The monoisotopic (exact) mass is 318 g/mol. The van der Waals surface area contributed by atoms with E-state index in [2.05, 4.69) is 55.5 Å². The first-order valence-corrected chi connectivity index (χ1v) is 9.33. The number of fused-ring (bicyclic) bond motifs is 3. The molecule has 2 aliphatic carbocycles. The van der Waals surface area contributed by atoms with Crippen molar-refractivity contribution in [2.45, 2.75) is 57.3 Å².